The SMILES string of the molecule is CC.CC.COC(=O)Nc1cc(CN)ccc1-c1cc2n(n1)C(C)CN(CNC(=O)CC(C)(C)C)C2=O. The topological polar surface area (TPSA) is 132 Å². The molecule has 3 amide bonds. The third-order valence-electron chi connectivity index (χ3n) is 5.32. The largest absolute Gasteiger partial charge is 0.453 e. The molecule has 0 saturated carbocycles. The second kappa shape index (κ2) is 14.4. The summed E-state index contributed by atoms with van der Waals surface area (Å²) in [4.78, 5) is 38.8. The Kier molecular flexibility index (Phi) is 12.3. The number of amides is 3. The van der Waals surface area contributed by atoms with Crippen molar-refractivity contribution in [2.24, 2.45) is 11.1 Å². The maximum Gasteiger partial charge on any atom is 0.411 e. The van der Waals surface area contributed by atoms with Crippen LogP contribution in [0.3, 0.4) is 0 Å². The number of fused-ring (bicyclic) bond motifs is 1. The zero-order chi connectivity index (χ0) is 28.3. The van der Waals surface area contributed by atoms with Gasteiger partial charge in [-0.05, 0) is 30.0 Å². The molecule has 0 aliphatic carbocycles. The van der Waals surface area contributed by atoms with Gasteiger partial charge in [-0.2, -0.15) is 5.10 Å². The summed E-state index contributed by atoms with van der Waals surface area (Å²) in [5.74, 6) is -0.315. The average molecular weight is 517 g/mol. The van der Waals surface area contributed by atoms with Crippen molar-refractivity contribution in [3.05, 3.63) is 35.5 Å². The molecular weight excluding hydrogens is 472 g/mol. The van der Waals surface area contributed by atoms with Crippen LogP contribution in [0.4, 0.5) is 10.5 Å². The van der Waals surface area contributed by atoms with Gasteiger partial charge >= 0.3 is 6.09 Å². The molecule has 2 heterocycles. The van der Waals surface area contributed by atoms with Crippen molar-refractivity contribution in [1.29, 1.82) is 0 Å². The molecule has 0 fully saturated rings. The maximum absolute atomic E-state index is 13.1. The fraction of sp³-hybridized carbons (Fsp3) is 0.556. The number of benzene rings is 1. The maximum atomic E-state index is 13.1. The fourth-order valence-electron chi connectivity index (χ4n) is 3.73. The van der Waals surface area contributed by atoms with E-state index in [-0.39, 0.29) is 29.9 Å². The molecule has 0 radical (unpaired) electrons. The van der Waals surface area contributed by atoms with E-state index in [1.54, 1.807) is 27.8 Å². The molecule has 0 spiro atoms. The summed E-state index contributed by atoms with van der Waals surface area (Å²) < 4.78 is 6.41. The van der Waals surface area contributed by atoms with Crippen LogP contribution in [0.5, 0.6) is 0 Å². The van der Waals surface area contributed by atoms with Crippen molar-refractivity contribution >= 4 is 23.6 Å². The van der Waals surface area contributed by atoms with E-state index in [9.17, 15) is 14.4 Å². The molecule has 0 saturated heterocycles. The van der Waals surface area contributed by atoms with Crippen LogP contribution in [0.15, 0.2) is 24.3 Å². The molecule has 37 heavy (non-hydrogen) atoms. The highest BCUT2D eigenvalue weighted by atomic mass is 16.5. The first-order valence-electron chi connectivity index (χ1n) is 12.9. The molecule has 1 unspecified atom stereocenters. The second-order valence-electron chi connectivity index (χ2n) is 9.43. The number of ether oxygens (including phenoxy) is 1. The van der Waals surface area contributed by atoms with E-state index in [0.717, 1.165) is 5.56 Å². The lowest BCUT2D eigenvalue weighted by atomic mass is 9.92. The predicted molar refractivity (Wildman–Crippen MR) is 147 cm³/mol. The van der Waals surface area contributed by atoms with Gasteiger partial charge in [-0.1, -0.05) is 60.6 Å². The lowest BCUT2D eigenvalue weighted by Gasteiger charge is -2.32. The van der Waals surface area contributed by atoms with Crippen LogP contribution in [0.1, 0.15) is 83.9 Å². The first kappa shape index (κ1) is 31.6. The number of rotatable bonds is 6. The quantitative estimate of drug-likeness (QED) is 0.507. The first-order chi connectivity index (χ1) is 17.5. The molecular formula is C27H44N6O4. The minimum absolute atomic E-state index is 0.0914. The molecule has 206 valence electrons. The monoisotopic (exact) mass is 516 g/mol. The van der Waals surface area contributed by atoms with Crippen LogP contribution in [0.25, 0.3) is 11.3 Å². The van der Waals surface area contributed by atoms with Gasteiger partial charge in [0, 0.05) is 25.1 Å². The lowest BCUT2D eigenvalue weighted by molar-refractivity contribution is -0.123. The highest BCUT2D eigenvalue weighted by Gasteiger charge is 2.31. The zero-order valence-corrected chi connectivity index (χ0v) is 23.8. The number of nitrogens with two attached hydrogens (primary N) is 1. The predicted octanol–water partition coefficient (Wildman–Crippen LogP) is 4.77. The van der Waals surface area contributed by atoms with Gasteiger partial charge in [0.05, 0.1) is 31.2 Å². The number of anilines is 1. The van der Waals surface area contributed by atoms with Gasteiger partial charge in [0.1, 0.15) is 5.69 Å². The number of carbonyl (C=O) groups is 3. The third-order valence-corrected chi connectivity index (χ3v) is 5.32. The van der Waals surface area contributed by atoms with Crippen LogP contribution in [0, 0.1) is 5.41 Å². The molecule has 2 aromatic rings. The van der Waals surface area contributed by atoms with Crippen LogP contribution < -0.4 is 16.4 Å². The molecule has 1 aromatic carbocycles. The minimum atomic E-state index is -0.615. The van der Waals surface area contributed by atoms with E-state index >= 15 is 0 Å². The number of nitrogens with zero attached hydrogens (tertiary/aromatic N) is 3. The van der Waals surface area contributed by atoms with Crippen LogP contribution in [-0.4, -0.2) is 52.9 Å². The molecule has 4 N–H and O–H groups in total. The number of nitrogens with one attached hydrogen (secondary N) is 2. The smallest absolute Gasteiger partial charge is 0.411 e. The van der Waals surface area contributed by atoms with Crippen LogP contribution >= 0.6 is 0 Å². The Hall–Kier alpha value is -3.40. The average Bonchev–Trinajstić information content (AvgIpc) is 3.33. The summed E-state index contributed by atoms with van der Waals surface area (Å²) in [5, 5.41) is 10.2. The standard InChI is InChI=1S/C23H32N6O4.2C2H6/c1-14-12-28(13-25-20(30)10-23(2,3)4)21(31)19-9-18(27-29(14)19)16-7-6-15(11-24)8-17(16)26-22(32)33-5;2*1-2/h6-9,14H,10-13,24H2,1-5H3,(H,25,30)(H,26,32);2*1-2H3. The van der Waals surface area contributed by atoms with Crippen molar-refractivity contribution < 1.29 is 19.1 Å². The van der Waals surface area contributed by atoms with Gasteiger partial charge in [-0.25, -0.2) is 4.79 Å². The molecule has 1 aliphatic rings. The zero-order valence-electron chi connectivity index (χ0n) is 23.8. The van der Waals surface area contributed by atoms with E-state index in [1.165, 1.54) is 7.11 Å². The van der Waals surface area contributed by atoms with Crippen molar-refractivity contribution in [1.82, 2.24) is 20.0 Å². The van der Waals surface area contributed by atoms with Crippen molar-refractivity contribution in [3.63, 3.8) is 0 Å². The molecule has 0 bridgehead atoms. The number of aromatic nitrogens is 2. The molecule has 10 nitrogen and oxygen atoms in total. The third kappa shape index (κ3) is 8.59. The number of hydrogen-bond donors (Lipinski definition) is 3. The highest BCUT2D eigenvalue weighted by molar-refractivity contribution is 5.96. The molecule has 10 heteroatoms. The number of carbonyl (C=O) groups excluding carboxylic acids is 3. The van der Waals surface area contributed by atoms with E-state index in [1.807, 2.05) is 61.5 Å². The van der Waals surface area contributed by atoms with E-state index in [2.05, 4.69) is 15.7 Å². The Bertz CT molecular complexity index is 1060. The van der Waals surface area contributed by atoms with Crippen LogP contribution in [-0.2, 0) is 16.1 Å². The summed E-state index contributed by atoms with van der Waals surface area (Å²) in [7, 11) is 1.28. The summed E-state index contributed by atoms with van der Waals surface area (Å²) in [6, 6.07) is 7.01. The molecule has 1 aromatic heterocycles. The van der Waals surface area contributed by atoms with Crippen molar-refractivity contribution in [2.75, 3.05) is 25.6 Å². The summed E-state index contributed by atoms with van der Waals surface area (Å²) >= 11 is 0. The first-order valence-corrected chi connectivity index (χ1v) is 12.9. The minimum Gasteiger partial charge on any atom is -0.453 e. The Balaban J connectivity index is 0.00000163. The van der Waals surface area contributed by atoms with Gasteiger partial charge in [-0.3, -0.25) is 19.6 Å². The Morgan fingerprint density at radius 3 is 2.38 bits per heavy atom. The van der Waals surface area contributed by atoms with Crippen molar-refractivity contribution in [3.8, 4) is 11.3 Å². The Labute approximate surface area is 220 Å². The van der Waals surface area contributed by atoms with Crippen LogP contribution in [0.2, 0.25) is 0 Å². The normalized spacial score (nSPS) is 14.4. The lowest BCUT2D eigenvalue weighted by Crippen LogP contribution is -2.48. The molecule has 3 rings (SSSR count). The Morgan fingerprint density at radius 2 is 1.81 bits per heavy atom. The van der Waals surface area contributed by atoms with E-state index in [0.29, 0.717) is 42.1 Å². The van der Waals surface area contributed by atoms with Gasteiger partial charge in [0.2, 0.25) is 5.91 Å². The second-order valence-corrected chi connectivity index (χ2v) is 9.43. The summed E-state index contributed by atoms with van der Waals surface area (Å²) in [5.41, 5.74) is 8.53. The Morgan fingerprint density at radius 1 is 1.16 bits per heavy atom. The molecule has 1 atom stereocenters. The van der Waals surface area contributed by atoms with Gasteiger partial charge in [0.25, 0.3) is 5.91 Å². The van der Waals surface area contributed by atoms with Crippen molar-refractivity contribution in [2.45, 2.75) is 74.4 Å². The van der Waals surface area contributed by atoms with Gasteiger partial charge in [-0.15, -0.1) is 0 Å². The van der Waals surface area contributed by atoms with Gasteiger partial charge in [0.15, 0.2) is 0 Å². The van der Waals surface area contributed by atoms with E-state index < -0.39 is 6.09 Å². The summed E-state index contributed by atoms with van der Waals surface area (Å²) in [6.07, 6.45) is -0.238. The van der Waals surface area contributed by atoms with E-state index in [4.69, 9.17) is 10.5 Å². The fourth-order valence-corrected chi connectivity index (χ4v) is 3.73. The van der Waals surface area contributed by atoms with Gasteiger partial charge < -0.3 is 20.7 Å². The number of hydrogen-bond acceptors (Lipinski definition) is 6. The highest BCUT2D eigenvalue weighted by Crippen LogP contribution is 2.32. The molecule has 1 aliphatic heterocycles. The summed E-state index contributed by atoms with van der Waals surface area (Å²) in [6.45, 7) is 16.8. The number of methoxy groups -OCH3 is 1.